The van der Waals surface area contributed by atoms with Crippen LogP contribution in [0.2, 0.25) is 0 Å². The Kier molecular flexibility index (Phi) is 5.16. The van der Waals surface area contributed by atoms with Gasteiger partial charge in [-0.2, -0.15) is 10.1 Å². The van der Waals surface area contributed by atoms with Crippen LogP contribution < -0.4 is 11.2 Å². The Morgan fingerprint density at radius 2 is 1.74 bits per heavy atom. The van der Waals surface area contributed by atoms with Crippen molar-refractivity contribution < 1.29 is 0 Å². The van der Waals surface area contributed by atoms with Gasteiger partial charge < -0.3 is 4.57 Å². The molecule has 3 heterocycles. The van der Waals surface area contributed by atoms with Gasteiger partial charge in [-0.3, -0.25) is 13.9 Å². The van der Waals surface area contributed by atoms with Crippen LogP contribution in [0.15, 0.2) is 39.9 Å². The molecule has 0 aliphatic carbocycles. The first kappa shape index (κ1) is 20.8. The van der Waals surface area contributed by atoms with E-state index in [4.69, 9.17) is 4.98 Å². The molecule has 31 heavy (non-hydrogen) atoms. The highest BCUT2D eigenvalue weighted by Crippen LogP contribution is 2.19. The second-order valence-corrected chi connectivity index (χ2v) is 8.59. The standard InChI is InChI=1S/C23H28N6O2/c1-14(2)12-27-19-20(24-22(27)29-17(5)11-16(4)25-29)26(6)23(31)28(21(19)30)13-18-10-8-7-9-15(18)3/h7-11,14H,12-13H2,1-6H3. The molecule has 4 aromatic rings. The third-order valence-corrected chi connectivity index (χ3v) is 5.55. The van der Waals surface area contributed by atoms with Crippen molar-refractivity contribution in [1.29, 1.82) is 0 Å². The molecule has 0 aliphatic rings. The summed E-state index contributed by atoms with van der Waals surface area (Å²) in [6.45, 7) is 10.8. The predicted octanol–water partition coefficient (Wildman–Crippen LogP) is 2.71. The largest absolute Gasteiger partial charge is 0.332 e. The lowest BCUT2D eigenvalue weighted by Crippen LogP contribution is -2.40. The molecule has 8 nitrogen and oxygen atoms in total. The van der Waals surface area contributed by atoms with Gasteiger partial charge in [0.05, 0.1) is 12.2 Å². The minimum atomic E-state index is -0.380. The summed E-state index contributed by atoms with van der Waals surface area (Å²) in [6.07, 6.45) is 0. The molecule has 1 aromatic carbocycles. The molecule has 0 unspecified atom stereocenters. The number of hydrogen-bond acceptors (Lipinski definition) is 4. The second kappa shape index (κ2) is 7.68. The minimum Gasteiger partial charge on any atom is -0.302 e. The fourth-order valence-corrected chi connectivity index (χ4v) is 3.99. The van der Waals surface area contributed by atoms with E-state index < -0.39 is 0 Å². The monoisotopic (exact) mass is 420 g/mol. The zero-order chi connectivity index (χ0) is 22.4. The SMILES string of the molecule is Cc1cc(C)n(-c2nc3c(c(=O)n(Cc4ccccc4C)c(=O)n3C)n2CC(C)C)n1. The Bertz CT molecular complexity index is 1400. The maximum atomic E-state index is 13.6. The summed E-state index contributed by atoms with van der Waals surface area (Å²) >= 11 is 0. The zero-order valence-corrected chi connectivity index (χ0v) is 18.9. The van der Waals surface area contributed by atoms with E-state index >= 15 is 0 Å². The van der Waals surface area contributed by atoms with Crippen molar-refractivity contribution in [3.05, 3.63) is 73.7 Å². The van der Waals surface area contributed by atoms with E-state index in [0.29, 0.717) is 23.7 Å². The van der Waals surface area contributed by atoms with Crippen molar-refractivity contribution in [3.63, 3.8) is 0 Å². The van der Waals surface area contributed by atoms with E-state index in [-0.39, 0.29) is 23.7 Å². The van der Waals surface area contributed by atoms with Crippen LogP contribution in [0.4, 0.5) is 0 Å². The van der Waals surface area contributed by atoms with Crippen LogP contribution in [0, 0.1) is 26.7 Å². The molecular weight excluding hydrogens is 392 g/mol. The molecule has 0 saturated heterocycles. The third kappa shape index (κ3) is 3.52. The van der Waals surface area contributed by atoms with Crippen LogP contribution >= 0.6 is 0 Å². The number of rotatable bonds is 5. The van der Waals surface area contributed by atoms with Crippen LogP contribution in [0.3, 0.4) is 0 Å². The van der Waals surface area contributed by atoms with Crippen LogP contribution in [-0.2, 0) is 20.1 Å². The van der Waals surface area contributed by atoms with Gasteiger partial charge in [0.25, 0.3) is 5.56 Å². The van der Waals surface area contributed by atoms with Crippen molar-refractivity contribution in [1.82, 2.24) is 28.5 Å². The fraction of sp³-hybridized carbons (Fsp3) is 0.391. The Hall–Kier alpha value is -3.42. The highest BCUT2D eigenvalue weighted by molar-refractivity contribution is 5.72. The predicted molar refractivity (Wildman–Crippen MR) is 121 cm³/mol. The molecule has 0 saturated carbocycles. The second-order valence-electron chi connectivity index (χ2n) is 8.59. The summed E-state index contributed by atoms with van der Waals surface area (Å²) in [5.41, 5.74) is 3.85. The average Bonchev–Trinajstić information content (AvgIpc) is 3.23. The normalized spacial score (nSPS) is 11.7. The maximum absolute atomic E-state index is 13.6. The van der Waals surface area contributed by atoms with Gasteiger partial charge in [0.1, 0.15) is 0 Å². The summed E-state index contributed by atoms with van der Waals surface area (Å²) in [5.74, 6) is 0.824. The van der Waals surface area contributed by atoms with Gasteiger partial charge in [-0.15, -0.1) is 0 Å². The number of aryl methyl sites for hydroxylation is 4. The summed E-state index contributed by atoms with van der Waals surface area (Å²) in [4.78, 5) is 31.4. The van der Waals surface area contributed by atoms with E-state index in [1.54, 1.807) is 11.7 Å². The first-order valence-electron chi connectivity index (χ1n) is 10.5. The maximum Gasteiger partial charge on any atom is 0.332 e. The highest BCUT2D eigenvalue weighted by atomic mass is 16.2. The lowest BCUT2D eigenvalue weighted by molar-refractivity contribution is 0.516. The molecule has 162 valence electrons. The van der Waals surface area contributed by atoms with Crippen LogP contribution in [0.5, 0.6) is 0 Å². The Balaban J connectivity index is 2.04. The van der Waals surface area contributed by atoms with Gasteiger partial charge in [-0.1, -0.05) is 38.1 Å². The van der Waals surface area contributed by atoms with E-state index in [2.05, 4.69) is 18.9 Å². The van der Waals surface area contributed by atoms with Gasteiger partial charge >= 0.3 is 5.69 Å². The molecule has 0 bridgehead atoms. The Morgan fingerprint density at radius 3 is 2.35 bits per heavy atom. The molecule has 0 fully saturated rings. The van der Waals surface area contributed by atoms with Crippen LogP contribution in [-0.4, -0.2) is 28.5 Å². The van der Waals surface area contributed by atoms with E-state index in [1.165, 1.54) is 9.13 Å². The van der Waals surface area contributed by atoms with Crippen LogP contribution in [0.25, 0.3) is 17.1 Å². The van der Waals surface area contributed by atoms with E-state index in [9.17, 15) is 9.59 Å². The third-order valence-electron chi connectivity index (χ3n) is 5.55. The Labute approximate surface area is 180 Å². The number of hydrogen-bond donors (Lipinski definition) is 0. The zero-order valence-electron chi connectivity index (χ0n) is 18.9. The molecule has 4 rings (SSSR count). The van der Waals surface area contributed by atoms with Gasteiger partial charge in [-0.05, 0) is 43.9 Å². The number of imidazole rings is 1. The van der Waals surface area contributed by atoms with E-state index in [0.717, 1.165) is 22.5 Å². The van der Waals surface area contributed by atoms with Gasteiger partial charge in [0, 0.05) is 19.3 Å². The lowest BCUT2D eigenvalue weighted by Gasteiger charge is -2.13. The molecule has 8 heteroatoms. The Morgan fingerprint density at radius 1 is 1.03 bits per heavy atom. The molecule has 0 spiro atoms. The van der Waals surface area contributed by atoms with Gasteiger partial charge in [0.2, 0.25) is 5.95 Å². The average molecular weight is 421 g/mol. The first-order valence-corrected chi connectivity index (χ1v) is 10.5. The summed E-state index contributed by atoms with van der Waals surface area (Å²) in [7, 11) is 1.66. The topological polar surface area (TPSA) is 79.6 Å². The lowest BCUT2D eigenvalue weighted by atomic mass is 10.1. The van der Waals surface area contributed by atoms with Crippen molar-refractivity contribution >= 4 is 11.2 Å². The number of aromatic nitrogens is 6. The van der Waals surface area contributed by atoms with Gasteiger partial charge in [0.15, 0.2) is 11.2 Å². The molecule has 0 N–H and O–H groups in total. The highest BCUT2D eigenvalue weighted by Gasteiger charge is 2.23. The molecule has 0 amide bonds. The van der Waals surface area contributed by atoms with Gasteiger partial charge in [-0.25, -0.2) is 9.48 Å². The molecular formula is C23H28N6O2. The van der Waals surface area contributed by atoms with E-state index in [1.807, 2.05) is 55.7 Å². The number of fused-ring (bicyclic) bond motifs is 1. The minimum absolute atomic E-state index is 0.218. The number of benzene rings is 1. The first-order chi connectivity index (χ1) is 14.7. The molecule has 0 aliphatic heterocycles. The van der Waals surface area contributed by atoms with Crippen molar-refractivity contribution in [2.45, 2.75) is 47.7 Å². The van der Waals surface area contributed by atoms with Crippen molar-refractivity contribution in [2.24, 2.45) is 13.0 Å². The quantitative estimate of drug-likeness (QED) is 0.497. The smallest absolute Gasteiger partial charge is 0.302 e. The summed E-state index contributed by atoms with van der Waals surface area (Å²) in [6, 6.07) is 9.75. The number of nitrogens with zero attached hydrogens (tertiary/aromatic N) is 6. The van der Waals surface area contributed by atoms with Crippen molar-refractivity contribution in [2.75, 3.05) is 0 Å². The van der Waals surface area contributed by atoms with Crippen molar-refractivity contribution in [3.8, 4) is 5.95 Å². The molecule has 0 atom stereocenters. The molecule has 3 aromatic heterocycles. The van der Waals surface area contributed by atoms with Crippen LogP contribution in [0.1, 0.15) is 36.4 Å². The molecule has 0 radical (unpaired) electrons. The fourth-order valence-electron chi connectivity index (χ4n) is 3.99. The summed E-state index contributed by atoms with van der Waals surface area (Å²) in [5, 5.41) is 4.56. The summed E-state index contributed by atoms with van der Waals surface area (Å²) < 4.78 is 6.40.